The number of anilines is 1. The molecule has 4 atom stereocenters. The van der Waals surface area contributed by atoms with Gasteiger partial charge in [0.1, 0.15) is 36.1 Å². The predicted octanol–water partition coefficient (Wildman–Crippen LogP) is 5.43. The first kappa shape index (κ1) is 32.5. The lowest BCUT2D eigenvalue weighted by Gasteiger charge is -2.35. The number of terminal acetylenes is 1. The van der Waals surface area contributed by atoms with E-state index in [1.165, 1.54) is 29.2 Å². The number of halogens is 2. The number of rotatable bonds is 7. The van der Waals surface area contributed by atoms with E-state index in [4.69, 9.17) is 20.9 Å². The summed E-state index contributed by atoms with van der Waals surface area (Å²) in [4.78, 5) is 27.7. The van der Waals surface area contributed by atoms with Crippen molar-refractivity contribution in [2.45, 2.75) is 62.2 Å². The van der Waals surface area contributed by atoms with Gasteiger partial charge in [0, 0.05) is 61.6 Å². The molecule has 0 saturated carbocycles. The van der Waals surface area contributed by atoms with Crippen molar-refractivity contribution in [3.63, 3.8) is 0 Å². The van der Waals surface area contributed by atoms with Crippen molar-refractivity contribution >= 4 is 33.6 Å². The molecule has 12 heteroatoms. The Morgan fingerprint density at radius 3 is 2.66 bits per heavy atom. The van der Waals surface area contributed by atoms with Crippen molar-refractivity contribution in [1.82, 2.24) is 25.1 Å². The summed E-state index contributed by atoms with van der Waals surface area (Å²) < 4.78 is 43.9. The summed E-state index contributed by atoms with van der Waals surface area (Å²) in [6.45, 7) is 2.93. The molecule has 50 heavy (non-hydrogen) atoms. The number of amides is 1. The lowest BCUT2D eigenvalue weighted by Crippen LogP contribution is -2.51. The van der Waals surface area contributed by atoms with Gasteiger partial charge in [-0.15, -0.1) is 6.42 Å². The van der Waals surface area contributed by atoms with E-state index in [0.29, 0.717) is 47.3 Å². The van der Waals surface area contributed by atoms with Gasteiger partial charge in [-0.25, -0.2) is 13.6 Å². The highest BCUT2D eigenvalue weighted by molar-refractivity contribution is 6.04. The van der Waals surface area contributed by atoms with Gasteiger partial charge in [-0.3, -0.25) is 4.90 Å². The first-order valence-corrected chi connectivity index (χ1v) is 17.3. The van der Waals surface area contributed by atoms with Gasteiger partial charge in [-0.2, -0.15) is 9.97 Å². The van der Waals surface area contributed by atoms with Gasteiger partial charge in [0.2, 0.25) is 0 Å². The van der Waals surface area contributed by atoms with Gasteiger partial charge < -0.3 is 29.7 Å². The number of carbonyl (C=O) groups is 1. The highest BCUT2D eigenvalue weighted by Gasteiger charge is 2.50. The summed E-state index contributed by atoms with van der Waals surface area (Å²) in [7, 11) is 3.33. The normalized spacial score (nSPS) is 24.5. The number of hydrogen-bond acceptors (Lipinski definition) is 9. The molecule has 0 aliphatic carbocycles. The lowest BCUT2D eigenvalue weighted by molar-refractivity contribution is 0.0484. The molecule has 4 fully saturated rings. The van der Waals surface area contributed by atoms with Crippen LogP contribution in [0.5, 0.6) is 11.8 Å². The standard InChI is InChI=1S/C38H40F2N6O4/c1-4-27-31(39)11-6-22-16-26(47)17-30(32(22)27)28-9-10-29-34(33(28)40)42-36(43-35(29)45-18-23-7-8-24(19-45)41-23)50-21-38-13-5-15-46(38)25(12-14-38)20-49-37(48)44(2)3/h1,6,9-11,16-17,23-25,41,47H,5,7-8,12-15,18-21H2,2-3H3. The van der Waals surface area contributed by atoms with Gasteiger partial charge >= 0.3 is 12.1 Å². The van der Waals surface area contributed by atoms with Crippen LogP contribution in [0.15, 0.2) is 36.4 Å². The van der Waals surface area contributed by atoms with E-state index in [2.05, 4.69) is 26.0 Å². The SMILES string of the molecule is C#Cc1c(F)ccc2cc(O)cc(-c3ccc4c(N5CC6CCC(C5)N6)nc(OCC56CCCN5C(COC(=O)N(C)C)CC6)nc4c3F)c12. The van der Waals surface area contributed by atoms with Crippen molar-refractivity contribution in [2.24, 2.45) is 0 Å². The molecule has 4 aliphatic heterocycles. The Morgan fingerprint density at radius 2 is 1.90 bits per heavy atom. The van der Waals surface area contributed by atoms with Gasteiger partial charge in [0.25, 0.3) is 0 Å². The summed E-state index contributed by atoms with van der Waals surface area (Å²) in [6, 6.07) is 9.85. The van der Waals surface area contributed by atoms with E-state index in [-0.39, 0.29) is 51.6 Å². The van der Waals surface area contributed by atoms with E-state index in [1.807, 2.05) is 0 Å². The summed E-state index contributed by atoms with van der Waals surface area (Å²) >= 11 is 0. The minimum atomic E-state index is -0.641. The third-order valence-electron chi connectivity index (χ3n) is 11.0. The Morgan fingerprint density at radius 1 is 1.10 bits per heavy atom. The van der Waals surface area contributed by atoms with Gasteiger partial charge in [0.05, 0.1) is 11.1 Å². The van der Waals surface area contributed by atoms with E-state index in [1.54, 1.807) is 26.2 Å². The van der Waals surface area contributed by atoms with Crippen LogP contribution in [0.3, 0.4) is 0 Å². The molecule has 1 amide bonds. The summed E-state index contributed by atoms with van der Waals surface area (Å²) in [5.74, 6) is 1.67. The number of phenols is 1. The maximum atomic E-state index is 17.0. The zero-order valence-electron chi connectivity index (χ0n) is 28.2. The predicted molar refractivity (Wildman–Crippen MR) is 186 cm³/mol. The Hall–Kier alpha value is -4.73. The molecule has 2 N–H and O–H groups in total. The molecule has 0 spiro atoms. The number of nitrogens with one attached hydrogen (secondary N) is 1. The molecule has 4 saturated heterocycles. The molecule has 0 radical (unpaired) electrons. The molecule has 10 nitrogen and oxygen atoms in total. The van der Waals surface area contributed by atoms with Crippen LogP contribution >= 0.6 is 0 Å². The Kier molecular flexibility index (Phi) is 8.15. The van der Waals surface area contributed by atoms with Crippen molar-refractivity contribution in [3.05, 3.63) is 53.6 Å². The number of benzene rings is 3. The zero-order chi connectivity index (χ0) is 34.7. The number of aromatic hydroxyl groups is 1. The molecule has 8 rings (SSSR count). The topological polar surface area (TPSA) is 103 Å². The quantitative estimate of drug-likeness (QED) is 0.247. The number of hydrogen-bond donors (Lipinski definition) is 2. The molecule has 4 aromatic rings. The number of fused-ring (bicyclic) bond motifs is 5. The molecular formula is C38H40F2N6O4. The van der Waals surface area contributed by atoms with Crippen LogP contribution in [0.2, 0.25) is 0 Å². The molecule has 5 heterocycles. The van der Waals surface area contributed by atoms with Crippen LogP contribution in [-0.4, -0.2) is 102 Å². The first-order valence-electron chi connectivity index (χ1n) is 17.3. The minimum Gasteiger partial charge on any atom is -0.508 e. The van der Waals surface area contributed by atoms with Crippen LogP contribution < -0.4 is 15.0 Å². The van der Waals surface area contributed by atoms with Crippen LogP contribution in [0, 0.1) is 24.0 Å². The smallest absolute Gasteiger partial charge is 0.409 e. The van der Waals surface area contributed by atoms with Gasteiger partial charge in [0.15, 0.2) is 5.82 Å². The van der Waals surface area contributed by atoms with E-state index in [0.717, 1.165) is 58.2 Å². The highest BCUT2D eigenvalue weighted by Crippen LogP contribution is 2.44. The largest absolute Gasteiger partial charge is 0.508 e. The first-order chi connectivity index (χ1) is 24.1. The van der Waals surface area contributed by atoms with Crippen LogP contribution in [0.1, 0.15) is 44.1 Å². The molecule has 4 aliphatic rings. The number of piperazine rings is 1. The van der Waals surface area contributed by atoms with E-state index >= 15 is 4.39 Å². The maximum absolute atomic E-state index is 17.0. The monoisotopic (exact) mass is 682 g/mol. The van der Waals surface area contributed by atoms with E-state index < -0.39 is 11.6 Å². The lowest BCUT2D eigenvalue weighted by atomic mass is 9.93. The Bertz CT molecular complexity index is 2040. The molecule has 3 aromatic carbocycles. The molecule has 4 unspecified atom stereocenters. The number of nitrogens with zero attached hydrogens (tertiary/aromatic N) is 5. The number of aromatic nitrogens is 2. The zero-order valence-corrected chi connectivity index (χ0v) is 28.2. The molecule has 2 bridgehead atoms. The number of phenolic OH excluding ortho intramolecular Hbond substituents is 1. The van der Waals surface area contributed by atoms with Crippen molar-refractivity contribution < 1.29 is 28.2 Å². The van der Waals surface area contributed by atoms with Gasteiger partial charge in [-0.1, -0.05) is 18.1 Å². The average molecular weight is 683 g/mol. The Labute approximate surface area is 289 Å². The molecular weight excluding hydrogens is 642 g/mol. The van der Waals surface area contributed by atoms with Crippen molar-refractivity contribution in [2.75, 3.05) is 51.8 Å². The van der Waals surface area contributed by atoms with Crippen molar-refractivity contribution in [1.29, 1.82) is 0 Å². The molecule has 260 valence electrons. The third kappa shape index (κ3) is 5.53. The van der Waals surface area contributed by atoms with Gasteiger partial charge in [-0.05, 0) is 80.3 Å². The number of carbonyl (C=O) groups excluding carboxylic acids is 1. The second-order valence-electron chi connectivity index (χ2n) is 14.3. The number of ether oxygens (including phenoxy) is 2. The Balaban J connectivity index is 1.18. The van der Waals surface area contributed by atoms with Crippen LogP contribution in [0.4, 0.5) is 19.4 Å². The molecule has 1 aromatic heterocycles. The average Bonchev–Trinajstić information content (AvgIpc) is 3.78. The van der Waals surface area contributed by atoms with Crippen molar-refractivity contribution in [3.8, 4) is 35.2 Å². The van der Waals surface area contributed by atoms with Crippen LogP contribution in [0.25, 0.3) is 32.8 Å². The third-order valence-corrected chi connectivity index (χ3v) is 11.0. The maximum Gasteiger partial charge on any atom is 0.409 e. The second kappa shape index (κ2) is 12.5. The fourth-order valence-corrected chi connectivity index (χ4v) is 8.67. The minimum absolute atomic E-state index is 0.00703. The highest BCUT2D eigenvalue weighted by atomic mass is 19.1. The second-order valence-corrected chi connectivity index (χ2v) is 14.3. The summed E-state index contributed by atoms with van der Waals surface area (Å²) in [6.07, 6.45) is 11.1. The van der Waals surface area contributed by atoms with Crippen LogP contribution in [-0.2, 0) is 4.74 Å². The summed E-state index contributed by atoms with van der Waals surface area (Å²) in [5, 5.41) is 15.6. The summed E-state index contributed by atoms with van der Waals surface area (Å²) in [5.41, 5.74) is 0.194. The fourth-order valence-electron chi connectivity index (χ4n) is 8.67. The van der Waals surface area contributed by atoms with E-state index in [9.17, 15) is 14.3 Å². The fraction of sp³-hybridized carbons (Fsp3) is 0.447.